The van der Waals surface area contributed by atoms with E-state index in [9.17, 15) is 13.6 Å². The average Bonchev–Trinajstić information content (AvgIpc) is 3.71. The summed E-state index contributed by atoms with van der Waals surface area (Å²) < 4.78 is 35.4. The molecule has 3 aromatic heterocycles. The Balaban J connectivity index is 1.16. The Morgan fingerprint density at radius 1 is 1.07 bits per heavy atom. The summed E-state index contributed by atoms with van der Waals surface area (Å²) in [5.41, 5.74) is 2.89. The van der Waals surface area contributed by atoms with Crippen molar-refractivity contribution < 1.29 is 18.1 Å². The van der Waals surface area contributed by atoms with Crippen molar-refractivity contribution in [3.05, 3.63) is 59.6 Å². The molecule has 11 heteroatoms. The molecular weight excluding hydrogens is 610 g/mol. The molecule has 4 aliphatic carbocycles. The molecule has 8 rings (SSSR count). The Bertz CT molecular complexity index is 1730. The Labute approximate surface area is 272 Å². The van der Waals surface area contributed by atoms with Gasteiger partial charge in [-0.1, -0.05) is 49.7 Å². The monoisotopic (exact) mass is 650 g/mol. The number of alkyl halides is 2. The largest absolute Gasteiger partial charge is 0.339 e. The van der Waals surface area contributed by atoms with Crippen LogP contribution in [0.2, 0.25) is 5.02 Å². The zero-order valence-electron chi connectivity index (χ0n) is 26.7. The molecule has 0 unspecified atom stereocenters. The average molecular weight is 651 g/mol. The third-order valence-corrected chi connectivity index (χ3v) is 11.0. The fourth-order valence-corrected chi connectivity index (χ4v) is 7.92. The molecule has 4 aromatic rings. The minimum Gasteiger partial charge on any atom is -0.339 e. The van der Waals surface area contributed by atoms with Crippen molar-refractivity contribution in [1.82, 2.24) is 24.7 Å². The number of aromatic nitrogens is 5. The number of carbonyl (C=O) groups is 1. The van der Waals surface area contributed by atoms with Crippen molar-refractivity contribution in [2.24, 2.45) is 11.3 Å². The topological polar surface area (TPSA) is 89.4 Å². The number of carbonyl (C=O) groups excluding carboxylic acids is 1. The summed E-state index contributed by atoms with van der Waals surface area (Å²) in [4.78, 5) is 25.5. The highest BCUT2D eigenvalue weighted by Crippen LogP contribution is 2.58. The fourth-order valence-electron chi connectivity index (χ4n) is 7.78. The van der Waals surface area contributed by atoms with Crippen LogP contribution in [0.15, 0.2) is 47.4 Å². The van der Waals surface area contributed by atoms with Crippen molar-refractivity contribution in [1.29, 1.82) is 0 Å². The molecule has 244 valence electrons. The molecular formula is C35H41ClF2N6O2. The maximum atomic E-state index is 14.2. The highest BCUT2D eigenvalue weighted by Gasteiger charge is 2.53. The molecule has 0 aliphatic heterocycles. The molecule has 8 nitrogen and oxygen atoms in total. The van der Waals surface area contributed by atoms with Crippen LogP contribution in [-0.4, -0.2) is 43.1 Å². The van der Waals surface area contributed by atoms with Crippen LogP contribution in [0.25, 0.3) is 16.8 Å². The summed E-state index contributed by atoms with van der Waals surface area (Å²) >= 11 is 6.14. The van der Waals surface area contributed by atoms with Crippen LogP contribution in [0.3, 0.4) is 0 Å². The van der Waals surface area contributed by atoms with Gasteiger partial charge in [0.2, 0.25) is 17.7 Å². The maximum Gasteiger partial charge on any atom is 0.248 e. The van der Waals surface area contributed by atoms with E-state index in [-0.39, 0.29) is 47.3 Å². The SMILES string of the molecule is CC(C)(C)c1noc(C23CCC(CN(C(=O)CC4CCC(F)(F)CC4)c4cccc(-c5cnn6cc(Cl)cnc56)c4)(CC2)CC3)n1. The van der Waals surface area contributed by atoms with E-state index in [1.54, 1.807) is 23.1 Å². The summed E-state index contributed by atoms with van der Waals surface area (Å²) in [7, 11) is 0. The van der Waals surface area contributed by atoms with Gasteiger partial charge in [-0.15, -0.1) is 0 Å². The lowest BCUT2D eigenvalue weighted by Crippen LogP contribution is -2.51. The first-order chi connectivity index (χ1) is 21.8. The van der Waals surface area contributed by atoms with E-state index >= 15 is 0 Å². The first-order valence-corrected chi connectivity index (χ1v) is 16.8. The second-order valence-electron chi connectivity index (χ2n) is 15.1. The normalized spacial score (nSPS) is 24.8. The third kappa shape index (κ3) is 5.93. The fraction of sp³-hybridized carbons (Fsp3) is 0.571. The molecule has 4 saturated carbocycles. The molecule has 0 saturated heterocycles. The van der Waals surface area contributed by atoms with Gasteiger partial charge in [0.15, 0.2) is 11.5 Å². The number of hydrogen-bond acceptors (Lipinski definition) is 6. The zero-order valence-corrected chi connectivity index (χ0v) is 27.5. The van der Waals surface area contributed by atoms with Crippen LogP contribution < -0.4 is 4.90 Å². The van der Waals surface area contributed by atoms with E-state index in [4.69, 9.17) is 21.1 Å². The number of fused-ring (bicyclic) bond motifs is 4. The molecule has 0 spiro atoms. The highest BCUT2D eigenvalue weighted by atomic mass is 35.5. The maximum absolute atomic E-state index is 14.2. The summed E-state index contributed by atoms with van der Waals surface area (Å²) in [6.45, 7) is 6.86. The van der Waals surface area contributed by atoms with Crippen LogP contribution in [0.1, 0.15) is 103 Å². The number of anilines is 1. The summed E-state index contributed by atoms with van der Waals surface area (Å²) in [6, 6.07) is 7.95. The number of rotatable bonds is 7. The lowest BCUT2D eigenvalue weighted by Gasteiger charge is -2.53. The number of amides is 1. The van der Waals surface area contributed by atoms with E-state index < -0.39 is 5.92 Å². The van der Waals surface area contributed by atoms with Crippen molar-refractivity contribution in [3.8, 4) is 11.1 Å². The molecule has 0 radical (unpaired) electrons. The van der Waals surface area contributed by atoms with Gasteiger partial charge in [-0.25, -0.2) is 18.3 Å². The number of hydrogen-bond donors (Lipinski definition) is 0. The number of halogens is 3. The molecule has 2 bridgehead atoms. The molecule has 4 fully saturated rings. The molecule has 0 N–H and O–H groups in total. The molecule has 3 heterocycles. The van der Waals surface area contributed by atoms with E-state index in [2.05, 4.69) is 36.0 Å². The van der Waals surface area contributed by atoms with Crippen LogP contribution in [-0.2, 0) is 15.6 Å². The van der Waals surface area contributed by atoms with Gasteiger partial charge in [0, 0.05) is 54.1 Å². The standard InChI is InChI=1S/C35H41ClF2N6O2/c1-32(2,3)30-41-31(46-42-30)34-14-11-33(12-15-34,13-16-34)22-43(28(45)17-23-7-9-35(37,38)10-8-23)26-6-4-5-24(18-26)27-20-40-44-21-25(36)19-39-29(27)44/h4-6,18-21,23H,7-17,22H2,1-3H3. The van der Waals surface area contributed by atoms with Gasteiger partial charge >= 0.3 is 0 Å². The van der Waals surface area contributed by atoms with E-state index in [0.29, 0.717) is 30.1 Å². The third-order valence-electron chi connectivity index (χ3n) is 10.8. The van der Waals surface area contributed by atoms with Gasteiger partial charge in [-0.2, -0.15) is 10.1 Å². The van der Waals surface area contributed by atoms with Crippen molar-refractivity contribution >= 4 is 28.8 Å². The lowest BCUT2D eigenvalue weighted by molar-refractivity contribution is -0.121. The summed E-state index contributed by atoms with van der Waals surface area (Å²) in [5, 5.41) is 9.24. The Morgan fingerprint density at radius 3 is 2.46 bits per heavy atom. The van der Waals surface area contributed by atoms with Gasteiger partial charge in [0.25, 0.3) is 0 Å². The second-order valence-corrected chi connectivity index (χ2v) is 15.5. The second kappa shape index (κ2) is 11.4. The van der Waals surface area contributed by atoms with Crippen molar-refractivity contribution in [3.63, 3.8) is 0 Å². The Hall–Kier alpha value is -3.40. The van der Waals surface area contributed by atoms with Gasteiger partial charge in [-0.3, -0.25) is 4.79 Å². The minimum atomic E-state index is -2.62. The predicted molar refractivity (Wildman–Crippen MR) is 172 cm³/mol. The zero-order chi connectivity index (χ0) is 32.3. The minimum absolute atomic E-state index is 0.000595. The predicted octanol–water partition coefficient (Wildman–Crippen LogP) is 8.57. The first kappa shape index (κ1) is 31.2. The van der Waals surface area contributed by atoms with E-state index in [1.807, 2.05) is 29.2 Å². The summed E-state index contributed by atoms with van der Waals surface area (Å²) in [5.74, 6) is -1.17. The Kier molecular flexibility index (Phi) is 7.73. The molecule has 46 heavy (non-hydrogen) atoms. The Morgan fingerprint density at radius 2 is 1.78 bits per heavy atom. The quantitative estimate of drug-likeness (QED) is 0.199. The number of nitrogens with zero attached hydrogens (tertiary/aromatic N) is 6. The van der Waals surface area contributed by atoms with Crippen LogP contribution in [0.4, 0.5) is 14.5 Å². The molecule has 1 amide bonds. The molecule has 0 atom stereocenters. The lowest BCUT2D eigenvalue weighted by atomic mass is 9.53. The molecule has 1 aromatic carbocycles. The molecule has 4 aliphatic rings. The van der Waals surface area contributed by atoms with Crippen molar-refractivity contribution in [2.45, 2.75) is 108 Å². The van der Waals surface area contributed by atoms with Crippen LogP contribution in [0.5, 0.6) is 0 Å². The van der Waals surface area contributed by atoms with Crippen LogP contribution >= 0.6 is 11.6 Å². The van der Waals surface area contributed by atoms with Crippen LogP contribution in [0, 0.1) is 11.3 Å². The highest BCUT2D eigenvalue weighted by molar-refractivity contribution is 6.30. The van der Waals surface area contributed by atoms with Gasteiger partial charge in [0.05, 0.1) is 17.4 Å². The van der Waals surface area contributed by atoms with Gasteiger partial charge in [-0.05, 0) is 80.4 Å². The van der Waals surface area contributed by atoms with Gasteiger partial charge in [0.1, 0.15) is 0 Å². The van der Waals surface area contributed by atoms with Crippen molar-refractivity contribution in [2.75, 3.05) is 11.4 Å². The summed E-state index contributed by atoms with van der Waals surface area (Å²) in [6.07, 6.45) is 11.5. The first-order valence-electron chi connectivity index (χ1n) is 16.5. The number of benzene rings is 1. The van der Waals surface area contributed by atoms with Gasteiger partial charge < -0.3 is 9.42 Å². The smallest absolute Gasteiger partial charge is 0.248 e. The van der Waals surface area contributed by atoms with E-state index in [0.717, 1.165) is 67.1 Å². The van der Waals surface area contributed by atoms with E-state index in [1.165, 1.54) is 0 Å².